The van der Waals surface area contributed by atoms with Gasteiger partial charge in [0.15, 0.2) is 0 Å². The number of rotatable bonds is 5. The van der Waals surface area contributed by atoms with Crippen molar-refractivity contribution in [2.24, 2.45) is 5.73 Å². The lowest BCUT2D eigenvalue weighted by Gasteiger charge is -2.31. The molecule has 1 aliphatic rings. The van der Waals surface area contributed by atoms with Gasteiger partial charge in [0.25, 0.3) is 5.91 Å². The summed E-state index contributed by atoms with van der Waals surface area (Å²) in [6.07, 6.45) is 3.21. The zero-order chi connectivity index (χ0) is 18.7. The zero-order valence-corrected chi connectivity index (χ0v) is 16.2. The van der Waals surface area contributed by atoms with Crippen LogP contribution in [-0.4, -0.2) is 52.2 Å². The van der Waals surface area contributed by atoms with Crippen molar-refractivity contribution in [2.45, 2.75) is 25.8 Å². The Labute approximate surface area is 160 Å². The highest BCUT2D eigenvalue weighted by molar-refractivity contribution is 9.10. The van der Waals surface area contributed by atoms with Crippen LogP contribution in [0.2, 0.25) is 0 Å². The average molecular weight is 420 g/mol. The maximum atomic E-state index is 12.6. The smallest absolute Gasteiger partial charge is 0.254 e. The van der Waals surface area contributed by atoms with Crippen molar-refractivity contribution in [2.75, 3.05) is 19.6 Å². The number of aromatic nitrogens is 2. The van der Waals surface area contributed by atoms with Crippen LogP contribution in [0.1, 0.15) is 28.9 Å². The number of amides is 2. The van der Waals surface area contributed by atoms with Crippen LogP contribution >= 0.6 is 15.9 Å². The number of hydrogen-bond acceptors (Lipinski definition) is 4. The number of carbonyl (C=O) groups excluding carboxylic acids is 2. The molecule has 0 bridgehead atoms. The molecule has 2 aromatic rings. The quantitative estimate of drug-likeness (QED) is 0.769. The second-order valence-electron chi connectivity index (χ2n) is 6.53. The Morgan fingerprint density at radius 3 is 2.73 bits per heavy atom. The third kappa shape index (κ3) is 4.31. The van der Waals surface area contributed by atoms with Crippen molar-refractivity contribution in [3.8, 4) is 5.69 Å². The summed E-state index contributed by atoms with van der Waals surface area (Å²) in [6.45, 7) is 3.67. The van der Waals surface area contributed by atoms with Crippen molar-refractivity contribution >= 4 is 27.7 Å². The normalized spacial score (nSPS) is 15.8. The van der Waals surface area contributed by atoms with Gasteiger partial charge in [0, 0.05) is 23.6 Å². The summed E-state index contributed by atoms with van der Waals surface area (Å²) in [6, 6.07) is 7.87. The van der Waals surface area contributed by atoms with Crippen LogP contribution in [0.3, 0.4) is 0 Å². The Balaban J connectivity index is 1.64. The number of primary amides is 1. The van der Waals surface area contributed by atoms with Crippen LogP contribution in [0.25, 0.3) is 5.69 Å². The molecule has 26 heavy (non-hydrogen) atoms. The minimum Gasteiger partial charge on any atom is -0.369 e. The molecule has 1 aliphatic heterocycles. The summed E-state index contributed by atoms with van der Waals surface area (Å²) in [7, 11) is 0. The first kappa shape index (κ1) is 18.6. The van der Waals surface area contributed by atoms with Crippen molar-refractivity contribution in [1.82, 2.24) is 20.0 Å². The number of hydrogen-bond donors (Lipinski definition) is 2. The van der Waals surface area contributed by atoms with Crippen LogP contribution in [0.4, 0.5) is 0 Å². The first-order chi connectivity index (χ1) is 12.4. The fourth-order valence-corrected chi connectivity index (χ4v) is 3.61. The first-order valence-corrected chi connectivity index (χ1v) is 9.35. The summed E-state index contributed by atoms with van der Waals surface area (Å²) >= 11 is 3.45. The molecule has 1 saturated heterocycles. The number of likely N-dealkylation sites (tertiary alicyclic amines) is 1. The Morgan fingerprint density at radius 2 is 2.08 bits per heavy atom. The Hall–Kier alpha value is -2.19. The zero-order valence-electron chi connectivity index (χ0n) is 14.6. The predicted molar refractivity (Wildman–Crippen MR) is 102 cm³/mol. The Morgan fingerprint density at radius 1 is 1.35 bits per heavy atom. The summed E-state index contributed by atoms with van der Waals surface area (Å²) < 4.78 is 2.72. The SMILES string of the molecule is Cc1c(C(=O)NC2CCN(CC(N)=O)CC2)cnn1-c1cccc(Br)c1. The van der Waals surface area contributed by atoms with Crippen LogP contribution < -0.4 is 11.1 Å². The number of nitrogens with two attached hydrogens (primary N) is 1. The predicted octanol–water partition coefficient (Wildman–Crippen LogP) is 1.62. The van der Waals surface area contributed by atoms with Gasteiger partial charge in [-0.15, -0.1) is 0 Å². The molecular formula is C18H22BrN5O2. The molecule has 0 radical (unpaired) electrons. The van der Waals surface area contributed by atoms with E-state index in [2.05, 4.69) is 26.3 Å². The van der Waals surface area contributed by atoms with E-state index in [4.69, 9.17) is 5.73 Å². The number of carbonyl (C=O) groups is 2. The van der Waals surface area contributed by atoms with Gasteiger partial charge in [-0.3, -0.25) is 14.5 Å². The molecule has 1 aromatic carbocycles. The molecule has 0 atom stereocenters. The average Bonchev–Trinajstić information content (AvgIpc) is 2.98. The van der Waals surface area contributed by atoms with Gasteiger partial charge in [-0.25, -0.2) is 4.68 Å². The van der Waals surface area contributed by atoms with Crippen molar-refractivity contribution in [3.63, 3.8) is 0 Å². The van der Waals surface area contributed by atoms with Gasteiger partial charge >= 0.3 is 0 Å². The second kappa shape index (κ2) is 8.01. The van der Waals surface area contributed by atoms with Gasteiger partial charge in [0.05, 0.1) is 29.7 Å². The van der Waals surface area contributed by atoms with Gasteiger partial charge in [-0.2, -0.15) is 5.10 Å². The molecule has 1 fully saturated rings. The Kier molecular flexibility index (Phi) is 5.73. The molecule has 0 unspecified atom stereocenters. The van der Waals surface area contributed by atoms with E-state index in [0.29, 0.717) is 5.56 Å². The van der Waals surface area contributed by atoms with Gasteiger partial charge < -0.3 is 11.1 Å². The van der Waals surface area contributed by atoms with Crippen molar-refractivity contribution in [1.29, 1.82) is 0 Å². The molecular weight excluding hydrogens is 398 g/mol. The highest BCUT2D eigenvalue weighted by Gasteiger charge is 2.23. The molecule has 7 nitrogen and oxygen atoms in total. The maximum Gasteiger partial charge on any atom is 0.254 e. The van der Waals surface area contributed by atoms with E-state index in [1.807, 2.05) is 36.1 Å². The van der Waals surface area contributed by atoms with Crippen LogP contribution in [0.15, 0.2) is 34.9 Å². The summed E-state index contributed by atoms with van der Waals surface area (Å²) in [4.78, 5) is 25.6. The molecule has 0 aliphatic carbocycles. The third-order valence-corrected chi connectivity index (χ3v) is 5.10. The molecule has 138 valence electrons. The van der Waals surface area contributed by atoms with E-state index in [9.17, 15) is 9.59 Å². The highest BCUT2D eigenvalue weighted by Crippen LogP contribution is 2.19. The largest absolute Gasteiger partial charge is 0.369 e. The van der Waals surface area contributed by atoms with Crippen LogP contribution in [0, 0.1) is 6.92 Å². The Bertz CT molecular complexity index is 812. The van der Waals surface area contributed by atoms with Crippen molar-refractivity contribution < 1.29 is 9.59 Å². The lowest BCUT2D eigenvalue weighted by atomic mass is 10.0. The third-order valence-electron chi connectivity index (χ3n) is 4.61. The fraction of sp³-hybridized carbons (Fsp3) is 0.389. The van der Waals surface area contributed by atoms with Crippen LogP contribution in [0.5, 0.6) is 0 Å². The van der Waals surface area contributed by atoms with E-state index in [-0.39, 0.29) is 24.4 Å². The summed E-state index contributed by atoms with van der Waals surface area (Å²) in [5.74, 6) is -0.430. The number of halogens is 1. The van der Waals surface area contributed by atoms with Gasteiger partial charge in [-0.05, 0) is 38.0 Å². The molecule has 2 heterocycles. The molecule has 8 heteroatoms. The lowest BCUT2D eigenvalue weighted by molar-refractivity contribution is -0.119. The number of nitrogens with zero attached hydrogens (tertiary/aromatic N) is 3. The second-order valence-corrected chi connectivity index (χ2v) is 7.44. The van der Waals surface area contributed by atoms with Gasteiger partial charge in [0.2, 0.25) is 5.91 Å². The van der Waals surface area contributed by atoms with E-state index in [0.717, 1.165) is 41.8 Å². The standard InChI is InChI=1S/C18H22BrN5O2/c1-12-16(10-21-24(12)15-4-2-3-13(19)9-15)18(26)22-14-5-7-23(8-6-14)11-17(20)25/h2-4,9-10,14H,5-8,11H2,1H3,(H2,20,25)(H,22,26). The minimum absolute atomic E-state index is 0.0975. The van der Waals surface area contributed by atoms with E-state index in [1.165, 1.54) is 0 Å². The highest BCUT2D eigenvalue weighted by atomic mass is 79.9. The van der Waals surface area contributed by atoms with E-state index in [1.54, 1.807) is 10.9 Å². The summed E-state index contributed by atoms with van der Waals surface area (Å²) in [5, 5.41) is 7.44. The fourth-order valence-electron chi connectivity index (χ4n) is 3.22. The number of piperidine rings is 1. The molecule has 0 saturated carbocycles. The molecule has 2 amide bonds. The lowest BCUT2D eigenvalue weighted by Crippen LogP contribution is -2.46. The van der Waals surface area contributed by atoms with Crippen LogP contribution in [-0.2, 0) is 4.79 Å². The molecule has 1 aromatic heterocycles. The maximum absolute atomic E-state index is 12.6. The molecule has 0 spiro atoms. The molecule has 3 N–H and O–H groups in total. The topological polar surface area (TPSA) is 93.2 Å². The van der Waals surface area contributed by atoms with E-state index < -0.39 is 0 Å². The van der Waals surface area contributed by atoms with Gasteiger partial charge in [-0.1, -0.05) is 22.0 Å². The molecule has 3 rings (SSSR count). The minimum atomic E-state index is -0.317. The first-order valence-electron chi connectivity index (χ1n) is 8.56. The summed E-state index contributed by atoms with van der Waals surface area (Å²) in [5.41, 5.74) is 7.50. The van der Waals surface area contributed by atoms with E-state index >= 15 is 0 Å². The number of benzene rings is 1. The van der Waals surface area contributed by atoms with Crippen molar-refractivity contribution in [3.05, 3.63) is 46.2 Å². The monoisotopic (exact) mass is 419 g/mol. The number of nitrogens with one attached hydrogen (secondary N) is 1. The van der Waals surface area contributed by atoms with Gasteiger partial charge in [0.1, 0.15) is 0 Å².